The molecule has 0 aliphatic carbocycles. The summed E-state index contributed by atoms with van der Waals surface area (Å²) in [6, 6.07) is 4.63. The van der Waals surface area contributed by atoms with Gasteiger partial charge in [-0.05, 0) is 46.2 Å². The second-order valence-electron chi connectivity index (χ2n) is 7.50. The first-order chi connectivity index (χ1) is 11.5. The molecule has 3 rings (SSSR count). The SMILES string of the molecule is Cc1ccc(C(=O)NC2(C)C(=O)N3[C@@H](C(=O)O)C(C)(C)S[C@@H]32)c(C)c1. The van der Waals surface area contributed by atoms with Gasteiger partial charge in [0.2, 0.25) is 0 Å². The van der Waals surface area contributed by atoms with E-state index in [9.17, 15) is 19.5 Å². The van der Waals surface area contributed by atoms with Gasteiger partial charge in [0.15, 0.2) is 0 Å². The van der Waals surface area contributed by atoms with Crippen LogP contribution in [0.2, 0.25) is 0 Å². The predicted molar refractivity (Wildman–Crippen MR) is 95.5 cm³/mol. The van der Waals surface area contributed by atoms with Gasteiger partial charge in [-0.25, -0.2) is 4.79 Å². The number of hydrogen-bond acceptors (Lipinski definition) is 4. The van der Waals surface area contributed by atoms with Crippen molar-refractivity contribution in [1.82, 2.24) is 10.2 Å². The number of benzene rings is 1. The first-order valence-electron chi connectivity index (χ1n) is 8.12. The Hall–Kier alpha value is -2.02. The van der Waals surface area contributed by atoms with Gasteiger partial charge in [0, 0.05) is 10.3 Å². The average Bonchev–Trinajstić information content (AvgIpc) is 2.76. The van der Waals surface area contributed by atoms with Crippen molar-refractivity contribution in [2.75, 3.05) is 0 Å². The van der Waals surface area contributed by atoms with Gasteiger partial charge < -0.3 is 15.3 Å². The number of fused-ring (bicyclic) bond motifs is 1. The van der Waals surface area contributed by atoms with Crippen LogP contribution in [0.25, 0.3) is 0 Å². The number of β-lactam (4-membered cyclic amide) rings is 1. The summed E-state index contributed by atoms with van der Waals surface area (Å²) < 4.78 is -0.617. The minimum Gasteiger partial charge on any atom is -0.480 e. The third-order valence-electron chi connectivity index (χ3n) is 5.01. The number of carbonyl (C=O) groups is 3. The van der Waals surface area contributed by atoms with E-state index < -0.39 is 22.3 Å². The summed E-state index contributed by atoms with van der Waals surface area (Å²) in [5, 5.41) is 11.9. The first kappa shape index (κ1) is 17.8. The van der Waals surface area contributed by atoms with Crippen molar-refractivity contribution in [3.05, 3.63) is 34.9 Å². The molecule has 0 spiro atoms. The second kappa shape index (κ2) is 5.49. The highest BCUT2D eigenvalue weighted by molar-refractivity contribution is 8.01. The van der Waals surface area contributed by atoms with Crippen LogP contribution in [0.5, 0.6) is 0 Å². The molecule has 2 heterocycles. The number of nitrogens with one attached hydrogen (secondary N) is 1. The van der Waals surface area contributed by atoms with E-state index in [4.69, 9.17) is 0 Å². The molecule has 2 fully saturated rings. The van der Waals surface area contributed by atoms with Gasteiger partial charge in [-0.1, -0.05) is 17.7 Å². The lowest BCUT2D eigenvalue weighted by molar-refractivity contribution is -0.165. The number of amides is 2. The number of rotatable bonds is 3. The number of carbonyl (C=O) groups excluding carboxylic acids is 2. The Morgan fingerprint density at radius 1 is 1.24 bits per heavy atom. The Morgan fingerprint density at radius 2 is 1.88 bits per heavy atom. The van der Waals surface area contributed by atoms with Crippen molar-refractivity contribution >= 4 is 29.5 Å². The number of carboxylic acids is 1. The smallest absolute Gasteiger partial charge is 0.327 e. The minimum atomic E-state index is -1.10. The monoisotopic (exact) mass is 362 g/mol. The van der Waals surface area contributed by atoms with Gasteiger partial charge in [-0.15, -0.1) is 11.8 Å². The largest absolute Gasteiger partial charge is 0.480 e. The van der Waals surface area contributed by atoms with Crippen LogP contribution in [-0.2, 0) is 9.59 Å². The lowest BCUT2D eigenvalue weighted by Gasteiger charge is -2.51. The summed E-state index contributed by atoms with van der Waals surface area (Å²) in [4.78, 5) is 38.4. The molecule has 0 saturated carbocycles. The number of thioether (sulfide) groups is 1. The molecule has 2 aliphatic rings. The maximum absolute atomic E-state index is 12.7. The molecule has 6 nitrogen and oxygen atoms in total. The number of hydrogen-bond donors (Lipinski definition) is 2. The molecule has 0 bridgehead atoms. The number of aryl methyl sites for hydroxylation is 2. The summed E-state index contributed by atoms with van der Waals surface area (Å²) in [5.74, 6) is -1.68. The molecular formula is C18H22N2O4S. The van der Waals surface area contributed by atoms with Crippen molar-refractivity contribution in [2.24, 2.45) is 0 Å². The summed E-state index contributed by atoms with van der Waals surface area (Å²) in [5.41, 5.74) is 1.33. The highest BCUT2D eigenvalue weighted by Gasteiger charge is 2.70. The van der Waals surface area contributed by atoms with E-state index >= 15 is 0 Å². The highest BCUT2D eigenvalue weighted by Crippen LogP contribution is 2.54. The van der Waals surface area contributed by atoms with Crippen LogP contribution in [0.15, 0.2) is 18.2 Å². The maximum Gasteiger partial charge on any atom is 0.327 e. The predicted octanol–water partition coefficient (Wildman–Crippen LogP) is 1.94. The zero-order chi connectivity index (χ0) is 18.7. The molecule has 134 valence electrons. The zero-order valence-electron chi connectivity index (χ0n) is 14.9. The Bertz CT molecular complexity index is 791. The van der Waals surface area contributed by atoms with Crippen molar-refractivity contribution in [3.8, 4) is 0 Å². The topological polar surface area (TPSA) is 86.7 Å². The standard InChI is InChI=1S/C18H22N2O4S/c1-9-6-7-11(10(2)8-9)13(21)19-18(5)15(24)20-12(14(22)23)17(3,4)25-16(18)20/h6-8,12,16H,1-5H3,(H,19,21)(H,22,23)/t12-,16+,18?/m0/s1. The molecule has 2 N–H and O–H groups in total. The van der Waals surface area contributed by atoms with Gasteiger partial charge in [0.25, 0.3) is 11.8 Å². The fourth-order valence-electron chi connectivity index (χ4n) is 3.71. The van der Waals surface area contributed by atoms with Crippen LogP contribution < -0.4 is 5.32 Å². The van der Waals surface area contributed by atoms with E-state index in [2.05, 4.69) is 5.32 Å². The van der Waals surface area contributed by atoms with E-state index in [0.29, 0.717) is 5.56 Å². The van der Waals surface area contributed by atoms with E-state index in [1.807, 2.05) is 39.8 Å². The number of nitrogens with zero attached hydrogens (tertiary/aromatic N) is 1. The molecule has 2 amide bonds. The highest BCUT2D eigenvalue weighted by atomic mass is 32.2. The molecule has 2 saturated heterocycles. The van der Waals surface area contributed by atoms with Crippen molar-refractivity contribution < 1.29 is 19.5 Å². The van der Waals surface area contributed by atoms with E-state index in [0.717, 1.165) is 11.1 Å². The Labute approximate surface area is 151 Å². The van der Waals surface area contributed by atoms with Crippen LogP contribution in [-0.4, -0.2) is 49.5 Å². The third-order valence-corrected chi connectivity index (χ3v) is 6.76. The molecule has 0 aromatic heterocycles. The second-order valence-corrected chi connectivity index (χ2v) is 9.24. The van der Waals surface area contributed by atoms with Crippen LogP contribution >= 0.6 is 11.8 Å². The van der Waals surface area contributed by atoms with Gasteiger partial charge >= 0.3 is 5.97 Å². The van der Waals surface area contributed by atoms with Crippen LogP contribution in [0.4, 0.5) is 0 Å². The van der Waals surface area contributed by atoms with Gasteiger partial charge in [-0.2, -0.15) is 0 Å². The van der Waals surface area contributed by atoms with Gasteiger partial charge in [0.05, 0.1) is 0 Å². The fraction of sp³-hybridized carbons (Fsp3) is 0.500. The van der Waals surface area contributed by atoms with Crippen molar-refractivity contribution in [2.45, 2.75) is 56.3 Å². The minimum absolute atomic E-state index is 0.315. The normalized spacial score (nSPS) is 29.8. The summed E-state index contributed by atoms with van der Waals surface area (Å²) >= 11 is 1.42. The van der Waals surface area contributed by atoms with Gasteiger partial charge in [0.1, 0.15) is 17.0 Å². The van der Waals surface area contributed by atoms with Crippen LogP contribution in [0.1, 0.15) is 42.3 Å². The summed E-state index contributed by atoms with van der Waals surface area (Å²) in [7, 11) is 0. The molecule has 7 heteroatoms. The lowest BCUT2D eigenvalue weighted by atomic mass is 9.86. The molecule has 1 aromatic rings. The van der Waals surface area contributed by atoms with E-state index in [1.54, 1.807) is 13.0 Å². The molecule has 25 heavy (non-hydrogen) atoms. The molecule has 1 unspecified atom stereocenters. The molecule has 3 atom stereocenters. The van der Waals surface area contributed by atoms with Crippen LogP contribution in [0, 0.1) is 13.8 Å². The number of aliphatic carboxylic acids is 1. The Balaban J connectivity index is 1.86. The summed E-state index contributed by atoms with van der Waals surface area (Å²) in [6.07, 6.45) is 0. The number of carboxylic acid groups (broad SMARTS) is 1. The van der Waals surface area contributed by atoms with E-state index in [1.165, 1.54) is 16.7 Å². The van der Waals surface area contributed by atoms with E-state index in [-0.39, 0.29) is 17.2 Å². The van der Waals surface area contributed by atoms with Crippen LogP contribution in [0.3, 0.4) is 0 Å². The Kier molecular flexibility index (Phi) is 3.91. The Morgan fingerprint density at radius 3 is 2.44 bits per heavy atom. The molecule has 2 aliphatic heterocycles. The quantitative estimate of drug-likeness (QED) is 0.803. The molecular weight excluding hydrogens is 340 g/mol. The fourth-order valence-corrected chi connectivity index (χ4v) is 5.35. The average molecular weight is 362 g/mol. The third kappa shape index (κ3) is 2.52. The van der Waals surface area contributed by atoms with Crippen molar-refractivity contribution in [3.63, 3.8) is 0 Å². The summed E-state index contributed by atoms with van der Waals surface area (Å²) in [6.45, 7) is 9.10. The molecule has 0 radical (unpaired) electrons. The zero-order valence-corrected chi connectivity index (χ0v) is 15.7. The van der Waals surface area contributed by atoms with Crippen molar-refractivity contribution in [1.29, 1.82) is 0 Å². The van der Waals surface area contributed by atoms with Gasteiger partial charge in [-0.3, -0.25) is 9.59 Å². The first-order valence-corrected chi connectivity index (χ1v) is 9.00. The molecule has 1 aromatic carbocycles. The maximum atomic E-state index is 12.7. The lowest BCUT2D eigenvalue weighted by Crippen LogP contribution is -2.78.